The fraction of sp³-hybridized carbons (Fsp3) is 0. The van der Waals surface area contributed by atoms with E-state index in [-0.39, 0.29) is 0 Å². The maximum Gasteiger partial charge on any atom is 0.242 e. The predicted octanol–water partition coefficient (Wildman–Crippen LogP) is 0.410. The quantitative estimate of drug-likeness (QED) is 0.270. The molecule has 0 atom stereocenters. The van der Waals surface area contributed by atoms with E-state index < -0.39 is 4.92 Å². The van der Waals surface area contributed by atoms with Crippen molar-refractivity contribution in [3.05, 3.63) is 22.4 Å². The first-order valence-electron chi connectivity index (χ1n) is 1.53. The van der Waals surface area contributed by atoms with Crippen LogP contribution >= 0.6 is 0 Å². The van der Waals surface area contributed by atoms with Crippen molar-refractivity contribution in [3.63, 3.8) is 0 Å². The van der Waals surface area contributed by atoms with Gasteiger partial charge in [0.05, 0.1) is 11.0 Å². The normalized spacial score (nSPS) is 8.43. The van der Waals surface area contributed by atoms with E-state index in [1.807, 2.05) is 5.92 Å². The summed E-state index contributed by atoms with van der Waals surface area (Å²) in [5.74, 6) is 1.98. The van der Waals surface area contributed by atoms with E-state index in [1.54, 1.807) is 0 Å². The van der Waals surface area contributed by atoms with Crippen molar-refractivity contribution in [3.8, 4) is 12.3 Å². The van der Waals surface area contributed by atoms with Crippen molar-refractivity contribution in [2.24, 2.45) is 0 Å². The molecule has 0 bridgehead atoms. The Kier molecular flexibility index (Phi) is 2.37. The molecule has 3 nitrogen and oxygen atoms in total. The number of allylic oxidation sites excluding steroid dienone is 1. The molecule has 0 radical (unpaired) electrons. The van der Waals surface area contributed by atoms with Crippen LogP contribution in [-0.4, -0.2) is 4.92 Å². The molecule has 3 heteroatoms. The van der Waals surface area contributed by atoms with Gasteiger partial charge in [-0.1, -0.05) is 5.92 Å². The van der Waals surface area contributed by atoms with Gasteiger partial charge in [0.1, 0.15) is 0 Å². The second-order valence-electron chi connectivity index (χ2n) is 0.768. The van der Waals surface area contributed by atoms with Gasteiger partial charge in [-0.3, -0.25) is 10.1 Å². The van der Waals surface area contributed by atoms with Gasteiger partial charge in [0, 0.05) is 0 Å². The summed E-state index contributed by atoms with van der Waals surface area (Å²) in [6.07, 6.45) is 6.37. The van der Waals surface area contributed by atoms with Crippen LogP contribution in [0.25, 0.3) is 0 Å². The van der Waals surface area contributed by atoms with E-state index in [9.17, 15) is 10.1 Å². The minimum atomic E-state index is -0.611. The summed E-state index contributed by atoms with van der Waals surface area (Å²) in [7, 11) is 0. The summed E-state index contributed by atoms with van der Waals surface area (Å²) in [6.45, 7) is 0. The zero-order chi connectivity index (χ0) is 5.70. The lowest BCUT2D eigenvalue weighted by Crippen LogP contribution is -1.79. The highest BCUT2D eigenvalue weighted by atomic mass is 16.6. The number of nitrogens with zero attached hydrogens (tertiary/aromatic N) is 1. The van der Waals surface area contributed by atoms with Gasteiger partial charge < -0.3 is 0 Å². The number of nitro groups is 1. The maximum atomic E-state index is 9.38. The molecule has 0 spiro atoms. The first kappa shape index (κ1) is 5.70. The molecule has 0 aliphatic rings. The number of hydrogen-bond donors (Lipinski definition) is 0. The molecule has 0 saturated heterocycles. The van der Waals surface area contributed by atoms with Crippen molar-refractivity contribution in [2.45, 2.75) is 0 Å². The average molecular weight is 97.1 g/mol. The minimum absolute atomic E-state index is 0.611. The third kappa shape index (κ3) is 4.70. The van der Waals surface area contributed by atoms with Crippen LogP contribution in [0.5, 0.6) is 0 Å². The summed E-state index contributed by atoms with van der Waals surface area (Å²) in [4.78, 5) is 8.77. The highest BCUT2D eigenvalue weighted by Gasteiger charge is 1.76. The largest absolute Gasteiger partial charge is 0.259 e. The second-order valence-corrected chi connectivity index (χ2v) is 0.768. The predicted molar refractivity (Wildman–Crippen MR) is 25.0 cm³/mol. The number of hydrogen-bond acceptors (Lipinski definition) is 2. The topological polar surface area (TPSA) is 43.1 Å². The lowest BCUT2D eigenvalue weighted by atomic mass is 10.6. The molecule has 0 aliphatic heterocycles. The average Bonchev–Trinajstić information content (AvgIpc) is 1.61. The maximum absolute atomic E-state index is 9.38. The summed E-state index contributed by atoms with van der Waals surface area (Å²) >= 11 is 0. The van der Waals surface area contributed by atoms with Crippen molar-refractivity contribution < 1.29 is 4.92 Å². The van der Waals surface area contributed by atoms with Crippen molar-refractivity contribution in [1.29, 1.82) is 0 Å². The molecule has 0 aromatic heterocycles. The molecule has 0 aromatic carbocycles. The molecule has 0 saturated carbocycles. The third-order valence-corrected chi connectivity index (χ3v) is 0.292. The number of rotatable bonds is 1. The van der Waals surface area contributed by atoms with Gasteiger partial charge in [-0.2, -0.15) is 0 Å². The van der Waals surface area contributed by atoms with Crippen LogP contribution < -0.4 is 0 Å². The van der Waals surface area contributed by atoms with Gasteiger partial charge >= 0.3 is 0 Å². The molecule has 0 rings (SSSR count). The van der Waals surface area contributed by atoms with Gasteiger partial charge in [-0.15, -0.1) is 6.42 Å². The van der Waals surface area contributed by atoms with E-state index >= 15 is 0 Å². The summed E-state index contributed by atoms with van der Waals surface area (Å²) in [6, 6.07) is 0. The SMILES string of the molecule is C#CC=C[N+](=O)[O-]. The molecule has 7 heavy (non-hydrogen) atoms. The Hall–Kier alpha value is -1.30. The lowest BCUT2D eigenvalue weighted by molar-refractivity contribution is -0.402. The molecule has 0 heterocycles. The van der Waals surface area contributed by atoms with Crippen LogP contribution in [0.2, 0.25) is 0 Å². The van der Waals surface area contributed by atoms with Crippen LogP contribution in [0.3, 0.4) is 0 Å². The van der Waals surface area contributed by atoms with E-state index in [2.05, 4.69) is 6.42 Å². The van der Waals surface area contributed by atoms with Crippen LogP contribution in [0.4, 0.5) is 0 Å². The molecular formula is C4H3NO2. The molecule has 0 amide bonds. The Morgan fingerprint density at radius 3 is 2.57 bits per heavy atom. The first-order chi connectivity index (χ1) is 3.27. The minimum Gasteiger partial charge on any atom is -0.259 e. The smallest absolute Gasteiger partial charge is 0.242 e. The zero-order valence-electron chi connectivity index (χ0n) is 3.50. The fourth-order valence-electron chi connectivity index (χ4n) is 0.104. The van der Waals surface area contributed by atoms with Gasteiger partial charge in [0.2, 0.25) is 6.20 Å². The molecule has 0 unspecified atom stereocenters. The van der Waals surface area contributed by atoms with Crippen LogP contribution in [0.1, 0.15) is 0 Å². The van der Waals surface area contributed by atoms with Crippen molar-refractivity contribution in [1.82, 2.24) is 0 Å². The van der Waals surface area contributed by atoms with Crippen LogP contribution in [0.15, 0.2) is 12.3 Å². The van der Waals surface area contributed by atoms with Crippen LogP contribution in [-0.2, 0) is 0 Å². The molecule has 0 N–H and O–H groups in total. The molecule has 0 aliphatic carbocycles. The van der Waals surface area contributed by atoms with Gasteiger partial charge in [0.15, 0.2) is 0 Å². The third-order valence-electron chi connectivity index (χ3n) is 0.292. The standard InChI is InChI=1S/C4H3NO2/c1-2-3-4-5(6)7/h1,3-4H. The monoisotopic (exact) mass is 97.0 g/mol. The Balaban J connectivity index is 3.53. The summed E-state index contributed by atoms with van der Waals surface area (Å²) in [5, 5.41) is 9.38. The summed E-state index contributed by atoms with van der Waals surface area (Å²) < 4.78 is 0. The Bertz CT molecular complexity index is 131. The van der Waals surface area contributed by atoms with Gasteiger partial charge in [-0.25, -0.2) is 0 Å². The summed E-state index contributed by atoms with van der Waals surface area (Å²) in [5.41, 5.74) is 0. The molecule has 0 aromatic rings. The number of terminal acetylenes is 1. The van der Waals surface area contributed by atoms with E-state index in [0.717, 1.165) is 6.08 Å². The lowest BCUT2D eigenvalue weighted by Gasteiger charge is -1.69. The Morgan fingerprint density at radius 1 is 1.86 bits per heavy atom. The molecule has 0 fully saturated rings. The van der Waals surface area contributed by atoms with Crippen molar-refractivity contribution >= 4 is 0 Å². The zero-order valence-corrected chi connectivity index (χ0v) is 3.50. The van der Waals surface area contributed by atoms with Gasteiger partial charge in [0.25, 0.3) is 0 Å². The first-order valence-corrected chi connectivity index (χ1v) is 1.53. The molecular weight excluding hydrogens is 94.0 g/mol. The van der Waals surface area contributed by atoms with E-state index in [1.165, 1.54) is 0 Å². The highest BCUT2D eigenvalue weighted by molar-refractivity contribution is 5.05. The Morgan fingerprint density at radius 2 is 2.43 bits per heavy atom. The fourth-order valence-corrected chi connectivity index (χ4v) is 0.104. The molecule has 36 valence electrons. The Labute approximate surface area is 40.8 Å². The van der Waals surface area contributed by atoms with E-state index in [0.29, 0.717) is 6.20 Å². The highest BCUT2D eigenvalue weighted by Crippen LogP contribution is 1.67. The van der Waals surface area contributed by atoms with Crippen LogP contribution in [0, 0.1) is 22.5 Å². The van der Waals surface area contributed by atoms with E-state index in [4.69, 9.17) is 0 Å². The van der Waals surface area contributed by atoms with Crippen molar-refractivity contribution in [2.75, 3.05) is 0 Å². The second kappa shape index (κ2) is 2.91. The van der Waals surface area contributed by atoms with Gasteiger partial charge in [-0.05, 0) is 0 Å².